The lowest BCUT2D eigenvalue weighted by Crippen LogP contribution is -2.33. The van der Waals surface area contributed by atoms with Gasteiger partial charge in [-0.3, -0.25) is 19.7 Å². The van der Waals surface area contributed by atoms with Gasteiger partial charge in [0, 0.05) is 11.6 Å². The monoisotopic (exact) mass is 469 g/mol. The van der Waals surface area contributed by atoms with Gasteiger partial charge in [0.05, 0.1) is 6.42 Å². The SMILES string of the molecule is CC(C)(C)c1cc(COC(=O)CC2=CC(=O)NC2=O)c(C(C)(C)C)c(C(C)(C)C)c1C(C)(C)C. The molecular weight excluding hydrogens is 426 g/mol. The highest BCUT2D eigenvalue weighted by molar-refractivity contribution is 6.17. The van der Waals surface area contributed by atoms with E-state index in [4.69, 9.17) is 4.74 Å². The molecule has 0 bridgehead atoms. The van der Waals surface area contributed by atoms with E-state index in [0.717, 1.165) is 11.6 Å². The van der Waals surface area contributed by atoms with Gasteiger partial charge in [0.2, 0.25) is 0 Å². The van der Waals surface area contributed by atoms with Crippen LogP contribution in [0.15, 0.2) is 17.7 Å². The molecule has 1 aliphatic rings. The van der Waals surface area contributed by atoms with E-state index in [2.05, 4.69) is 94.5 Å². The van der Waals surface area contributed by atoms with Crippen molar-refractivity contribution in [3.05, 3.63) is 45.5 Å². The number of benzene rings is 1. The molecule has 1 aliphatic heterocycles. The second-order valence-electron chi connectivity index (χ2n) is 13.5. The molecule has 2 amide bonds. The highest BCUT2D eigenvalue weighted by atomic mass is 16.5. The average Bonchev–Trinajstić information content (AvgIpc) is 2.92. The molecule has 0 fully saturated rings. The molecule has 1 N–H and O–H groups in total. The number of imide groups is 1. The lowest BCUT2D eigenvalue weighted by Gasteiger charge is -2.42. The summed E-state index contributed by atoms with van der Waals surface area (Å²) in [6, 6.07) is 2.22. The molecule has 2 rings (SSSR count). The lowest BCUT2D eigenvalue weighted by atomic mass is 9.63. The van der Waals surface area contributed by atoms with Crippen LogP contribution >= 0.6 is 0 Å². The summed E-state index contributed by atoms with van der Waals surface area (Å²) < 4.78 is 5.70. The summed E-state index contributed by atoms with van der Waals surface area (Å²) in [4.78, 5) is 35.8. The third-order valence-corrected chi connectivity index (χ3v) is 6.02. The predicted octanol–water partition coefficient (Wildman–Crippen LogP) is 5.89. The third-order valence-electron chi connectivity index (χ3n) is 6.02. The second-order valence-corrected chi connectivity index (χ2v) is 13.5. The normalized spacial score (nSPS) is 15.4. The summed E-state index contributed by atoms with van der Waals surface area (Å²) in [5.74, 6) is -1.55. The van der Waals surface area contributed by atoms with E-state index in [-0.39, 0.29) is 40.3 Å². The van der Waals surface area contributed by atoms with Gasteiger partial charge in [0.1, 0.15) is 6.61 Å². The quantitative estimate of drug-likeness (QED) is 0.441. The topological polar surface area (TPSA) is 72.5 Å². The van der Waals surface area contributed by atoms with Crippen LogP contribution in [-0.4, -0.2) is 17.8 Å². The van der Waals surface area contributed by atoms with Crippen LogP contribution in [0, 0.1) is 0 Å². The van der Waals surface area contributed by atoms with Gasteiger partial charge >= 0.3 is 5.97 Å². The van der Waals surface area contributed by atoms with Gasteiger partial charge < -0.3 is 4.74 Å². The van der Waals surface area contributed by atoms with Crippen LogP contribution in [0.1, 0.15) is 117 Å². The fraction of sp³-hybridized carbons (Fsp3) is 0.621. The van der Waals surface area contributed by atoms with Crippen molar-refractivity contribution in [2.75, 3.05) is 0 Å². The Kier molecular flexibility index (Phi) is 7.34. The minimum atomic E-state index is -0.531. The smallest absolute Gasteiger partial charge is 0.310 e. The maximum atomic E-state index is 12.6. The molecule has 0 unspecified atom stereocenters. The fourth-order valence-electron chi connectivity index (χ4n) is 4.78. The van der Waals surface area contributed by atoms with Crippen molar-refractivity contribution in [3.8, 4) is 0 Å². The number of nitrogens with one attached hydrogen (secondary N) is 1. The molecule has 1 aromatic rings. The number of esters is 1. The number of carbonyl (C=O) groups is 3. The summed E-state index contributed by atoms with van der Waals surface area (Å²) in [6.07, 6.45) is 0.943. The van der Waals surface area contributed by atoms with E-state index in [9.17, 15) is 14.4 Å². The number of hydrogen-bond acceptors (Lipinski definition) is 4. The Morgan fingerprint density at radius 1 is 0.765 bits per heavy atom. The molecule has 34 heavy (non-hydrogen) atoms. The molecule has 5 heteroatoms. The van der Waals surface area contributed by atoms with Gasteiger partial charge in [-0.05, 0) is 49.5 Å². The molecule has 0 atom stereocenters. The molecule has 0 radical (unpaired) electrons. The van der Waals surface area contributed by atoms with Crippen LogP contribution in [0.3, 0.4) is 0 Å². The summed E-state index contributed by atoms with van der Waals surface area (Å²) in [5.41, 5.74) is 5.78. The van der Waals surface area contributed by atoms with Crippen molar-refractivity contribution in [2.45, 2.75) is 118 Å². The first-order chi connectivity index (χ1) is 15.1. The standard InChI is InChI=1S/C29H43NO4/c1-26(2,3)19-13-18(16-34-21(32)15-17-14-20(31)30-25(17)33)22(27(4,5)6)24(29(10,11)12)23(19)28(7,8)9/h13-14H,15-16H2,1-12H3,(H,30,31,33). The Balaban J connectivity index is 2.67. The molecule has 1 aromatic carbocycles. The molecule has 0 aliphatic carbocycles. The minimum absolute atomic E-state index is 0.0741. The maximum Gasteiger partial charge on any atom is 0.310 e. The Morgan fingerprint density at radius 2 is 1.26 bits per heavy atom. The summed E-state index contributed by atoms with van der Waals surface area (Å²) in [5, 5.41) is 2.17. The van der Waals surface area contributed by atoms with Crippen LogP contribution in [0.4, 0.5) is 0 Å². The molecule has 0 saturated heterocycles. The van der Waals surface area contributed by atoms with Gasteiger partial charge in [-0.25, -0.2) is 0 Å². The summed E-state index contributed by atoms with van der Waals surface area (Å²) in [6.45, 7) is 26.9. The van der Waals surface area contributed by atoms with Gasteiger partial charge in [-0.15, -0.1) is 0 Å². The first-order valence-electron chi connectivity index (χ1n) is 12.1. The third kappa shape index (κ3) is 6.17. The van der Waals surface area contributed by atoms with E-state index in [1.54, 1.807) is 0 Å². The zero-order valence-corrected chi connectivity index (χ0v) is 23.2. The van der Waals surface area contributed by atoms with E-state index in [0.29, 0.717) is 0 Å². The maximum absolute atomic E-state index is 12.6. The number of ether oxygens (including phenoxy) is 1. The molecule has 0 saturated carbocycles. The second kappa shape index (κ2) is 8.98. The molecule has 1 heterocycles. The minimum Gasteiger partial charge on any atom is -0.461 e. The van der Waals surface area contributed by atoms with Crippen LogP contribution in [0.5, 0.6) is 0 Å². The zero-order valence-electron chi connectivity index (χ0n) is 23.2. The number of amides is 2. The fourth-order valence-corrected chi connectivity index (χ4v) is 4.78. The highest BCUT2D eigenvalue weighted by Gasteiger charge is 2.38. The van der Waals surface area contributed by atoms with E-state index in [1.807, 2.05) is 0 Å². The first-order valence-corrected chi connectivity index (χ1v) is 12.1. The Morgan fingerprint density at radius 3 is 1.65 bits per heavy atom. The van der Waals surface area contributed by atoms with Crippen molar-refractivity contribution in [2.24, 2.45) is 0 Å². The average molecular weight is 470 g/mol. The first kappa shape index (κ1) is 27.8. The van der Waals surface area contributed by atoms with Crippen molar-refractivity contribution >= 4 is 17.8 Å². The van der Waals surface area contributed by atoms with E-state index < -0.39 is 17.8 Å². The van der Waals surface area contributed by atoms with Gasteiger partial charge in [0.25, 0.3) is 11.8 Å². The Hall–Kier alpha value is -2.43. The number of hydrogen-bond donors (Lipinski definition) is 1. The molecule has 0 aromatic heterocycles. The van der Waals surface area contributed by atoms with Gasteiger partial charge in [0.15, 0.2) is 0 Å². The van der Waals surface area contributed by atoms with Crippen molar-refractivity contribution in [1.29, 1.82) is 0 Å². The highest BCUT2D eigenvalue weighted by Crippen LogP contribution is 2.47. The Bertz CT molecular complexity index is 1030. The largest absolute Gasteiger partial charge is 0.461 e. The molecule has 5 nitrogen and oxygen atoms in total. The van der Waals surface area contributed by atoms with Crippen LogP contribution in [-0.2, 0) is 47.4 Å². The van der Waals surface area contributed by atoms with E-state index in [1.165, 1.54) is 22.3 Å². The molecular formula is C29H43NO4. The predicted molar refractivity (Wildman–Crippen MR) is 137 cm³/mol. The van der Waals surface area contributed by atoms with Crippen molar-refractivity contribution < 1.29 is 19.1 Å². The van der Waals surface area contributed by atoms with Gasteiger partial charge in [-0.1, -0.05) is 89.2 Å². The van der Waals surface area contributed by atoms with Crippen LogP contribution < -0.4 is 5.32 Å². The molecule has 188 valence electrons. The number of rotatable bonds is 4. The molecule has 0 spiro atoms. The van der Waals surface area contributed by atoms with Crippen molar-refractivity contribution in [3.63, 3.8) is 0 Å². The van der Waals surface area contributed by atoms with E-state index >= 15 is 0 Å². The number of carbonyl (C=O) groups excluding carboxylic acids is 3. The summed E-state index contributed by atoms with van der Waals surface area (Å²) >= 11 is 0. The summed E-state index contributed by atoms with van der Waals surface area (Å²) in [7, 11) is 0. The van der Waals surface area contributed by atoms with Crippen LogP contribution in [0.25, 0.3) is 0 Å². The van der Waals surface area contributed by atoms with Gasteiger partial charge in [-0.2, -0.15) is 0 Å². The zero-order chi connectivity index (χ0) is 26.4. The van der Waals surface area contributed by atoms with Crippen LogP contribution in [0.2, 0.25) is 0 Å². The van der Waals surface area contributed by atoms with Crippen molar-refractivity contribution in [1.82, 2.24) is 5.32 Å². The lowest BCUT2D eigenvalue weighted by molar-refractivity contribution is -0.144. The Labute approximate surface area is 205 Å².